The molecule has 6 nitrogen and oxygen atoms in total. The van der Waals surface area contributed by atoms with Crippen LogP contribution in [-0.2, 0) is 29.1 Å². The number of hydrogen-bond acceptors (Lipinski definition) is 4. The Labute approximate surface area is 199 Å². The second kappa shape index (κ2) is 10.4. The van der Waals surface area contributed by atoms with Gasteiger partial charge < -0.3 is 19.5 Å². The average Bonchev–Trinajstić information content (AvgIpc) is 3.67. The van der Waals surface area contributed by atoms with Crippen molar-refractivity contribution < 1.29 is 24.2 Å². The van der Waals surface area contributed by atoms with Crippen molar-refractivity contribution in [3.8, 4) is 16.9 Å². The first kappa shape index (κ1) is 23.4. The van der Waals surface area contributed by atoms with E-state index in [1.165, 1.54) is 0 Å². The van der Waals surface area contributed by atoms with Gasteiger partial charge in [0.05, 0.1) is 13.5 Å². The van der Waals surface area contributed by atoms with Crippen LogP contribution in [0, 0.1) is 6.92 Å². The molecule has 3 aromatic carbocycles. The number of rotatable bonds is 9. The number of benzene rings is 3. The fraction of sp³-hybridized carbons (Fsp3) is 0.286. The number of carboxylic acid groups (broad SMARTS) is 1. The van der Waals surface area contributed by atoms with Gasteiger partial charge in [0.25, 0.3) is 0 Å². The number of amides is 1. The monoisotopic (exact) mass is 459 g/mol. The average molecular weight is 460 g/mol. The first-order chi connectivity index (χ1) is 16.4. The molecule has 0 radical (unpaired) electrons. The molecule has 34 heavy (non-hydrogen) atoms. The van der Waals surface area contributed by atoms with Crippen molar-refractivity contribution >= 4 is 12.1 Å². The molecule has 1 aliphatic carbocycles. The van der Waals surface area contributed by atoms with Crippen molar-refractivity contribution in [3.05, 3.63) is 89.0 Å². The number of nitrogens with zero attached hydrogens (tertiary/aromatic N) is 1. The van der Waals surface area contributed by atoms with Gasteiger partial charge in [0.2, 0.25) is 0 Å². The van der Waals surface area contributed by atoms with Gasteiger partial charge in [-0.3, -0.25) is 4.79 Å². The van der Waals surface area contributed by atoms with Gasteiger partial charge in [-0.1, -0.05) is 60.2 Å². The summed E-state index contributed by atoms with van der Waals surface area (Å²) >= 11 is 0. The summed E-state index contributed by atoms with van der Waals surface area (Å²) in [5.74, 6) is -0.231. The molecule has 4 rings (SSSR count). The third-order valence-electron chi connectivity index (χ3n) is 5.94. The smallest absolute Gasteiger partial charge is 0.410 e. The minimum Gasteiger partial charge on any atom is -0.496 e. The highest BCUT2D eigenvalue weighted by Crippen LogP contribution is 2.36. The Bertz CT molecular complexity index is 1170. The van der Waals surface area contributed by atoms with Crippen LogP contribution in [0.1, 0.15) is 35.1 Å². The van der Waals surface area contributed by atoms with Crippen LogP contribution in [0.2, 0.25) is 0 Å². The second-order valence-electron chi connectivity index (χ2n) is 8.67. The molecular weight excluding hydrogens is 430 g/mol. The molecule has 176 valence electrons. The Morgan fingerprint density at radius 3 is 2.41 bits per heavy atom. The summed E-state index contributed by atoms with van der Waals surface area (Å²) in [6.07, 6.45) is 1.52. The van der Waals surface area contributed by atoms with Crippen LogP contribution in [0.5, 0.6) is 5.75 Å². The predicted octanol–water partition coefficient (Wildman–Crippen LogP) is 5.60. The predicted molar refractivity (Wildman–Crippen MR) is 130 cm³/mol. The van der Waals surface area contributed by atoms with Gasteiger partial charge >= 0.3 is 12.1 Å². The van der Waals surface area contributed by atoms with Crippen molar-refractivity contribution in [1.82, 2.24) is 4.90 Å². The lowest BCUT2D eigenvalue weighted by molar-refractivity contribution is -0.136. The molecular formula is C28H29NO5. The van der Waals surface area contributed by atoms with E-state index in [0.29, 0.717) is 17.9 Å². The number of aliphatic carboxylic acids is 1. The normalized spacial score (nSPS) is 12.8. The lowest BCUT2D eigenvalue weighted by atomic mass is 9.94. The van der Waals surface area contributed by atoms with Gasteiger partial charge in [0.15, 0.2) is 0 Å². The molecule has 0 saturated heterocycles. The van der Waals surface area contributed by atoms with Crippen molar-refractivity contribution in [2.24, 2.45) is 0 Å². The van der Waals surface area contributed by atoms with Gasteiger partial charge in [-0.25, -0.2) is 4.79 Å². The van der Waals surface area contributed by atoms with Crippen LogP contribution in [-0.4, -0.2) is 35.2 Å². The number of aryl methyl sites for hydroxylation is 1. The van der Waals surface area contributed by atoms with Crippen molar-refractivity contribution in [2.75, 3.05) is 7.11 Å². The highest BCUT2D eigenvalue weighted by atomic mass is 16.6. The summed E-state index contributed by atoms with van der Waals surface area (Å²) in [6, 6.07) is 21.3. The number of ether oxygens (including phenoxy) is 2. The lowest BCUT2D eigenvalue weighted by Crippen LogP contribution is -2.33. The molecule has 0 bridgehead atoms. The van der Waals surface area contributed by atoms with Gasteiger partial charge in [0.1, 0.15) is 12.4 Å². The van der Waals surface area contributed by atoms with E-state index in [-0.39, 0.29) is 25.2 Å². The zero-order valence-corrected chi connectivity index (χ0v) is 19.5. The van der Waals surface area contributed by atoms with Gasteiger partial charge in [-0.2, -0.15) is 0 Å². The summed E-state index contributed by atoms with van der Waals surface area (Å²) in [7, 11) is 1.60. The molecule has 0 aromatic heterocycles. The lowest BCUT2D eigenvalue weighted by Gasteiger charge is -2.24. The molecule has 1 saturated carbocycles. The Balaban J connectivity index is 1.62. The van der Waals surface area contributed by atoms with Gasteiger partial charge in [-0.05, 0) is 54.2 Å². The molecule has 0 atom stereocenters. The number of carbonyl (C=O) groups excluding carboxylic acids is 1. The molecule has 1 amide bonds. The molecule has 0 heterocycles. The molecule has 0 unspecified atom stereocenters. The quantitative estimate of drug-likeness (QED) is 0.451. The van der Waals surface area contributed by atoms with Crippen molar-refractivity contribution in [2.45, 2.75) is 45.4 Å². The maximum Gasteiger partial charge on any atom is 0.410 e. The standard InChI is InChI=1S/C28H29NO5/c1-19-8-12-24(25-15-21(16-27(30)31)9-13-26(25)33-2)22(14-19)17-29(23-10-11-23)28(32)34-18-20-6-4-3-5-7-20/h3-9,12-15,23H,10-11,16-18H2,1-2H3,(H,30,31). The topological polar surface area (TPSA) is 76.1 Å². The minimum absolute atomic E-state index is 0.0712. The van der Waals surface area contributed by atoms with Crippen LogP contribution >= 0.6 is 0 Å². The molecule has 0 aliphatic heterocycles. The Hall–Kier alpha value is -3.80. The van der Waals surface area contributed by atoms with Gasteiger partial charge in [-0.15, -0.1) is 0 Å². The fourth-order valence-corrected chi connectivity index (χ4v) is 4.08. The van der Waals surface area contributed by atoms with E-state index in [1.54, 1.807) is 24.1 Å². The second-order valence-corrected chi connectivity index (χ2v) is 8.67. The van der Waals surface area contributed by atoms with Gasteiger partial charge in [0, 0.05) is 18.2 Å². The van der Waals surface area contributed by atoms with Crippen molar-refractivity contribution in [3.63, 3.8) is 0 Å². The third kappa shape index (κ3) is 5.76. The number of carboxylic acids is 1. The van der Waals surface area contributed by atoms with E-state index < -0.39 is 5.97 Å². The Morgan fingerprint density at radius 1 is 0.971 bits per heavy atom. The maximum absolute atomic E-state index is 13.0. The van der Waals surface area contributed by atoms with E-state index in [4.69, 9.17) is 9.47 Å². The first-order valence-electron chi connectivity index (χ1n) is 11.4. The van der Waals surface area contributed by atoms with E-state index in [2.05, 4.69) is 6.07 Å². The highest BCUT2D eigenvalue weighted by molar-refractivity contribution is 5.77. The summed E-state index contributed by atoms with van der Waals surface area (Å²) in [6.45, 7) is 2.65. The third-order valence-corrected chi connectivity index (χ3v) is 5.94. The number of carbonyl (C=O) groups is 2. The maximum atomic E-state index is 13.0. The first-order valence-corrected chi connectivity index (χ1v) is 11.4. The Kier molecular flexibility index (Phi) is 7.16. The van der Waals surface area contributed by atoms with Crippen LogP contribution in [0.15, 0.2) is 66.7 Å². The van der Waals surface area contributed by atoms with E-state index in [9.17, 15) is 14.7 Å². The van der Waals surface area contributed by atoms with Crippen LogP contribution in [0.4, 0.5) is 4.79 Å². The fourth-order valence-electron chi connectivity index (χ4n) is 4.08. The SMILES string of the molecule is COc1ccc(CC(=O)O)cc1-c1ccc(C)cc1CN(C(=O)OCc1ccccc1)C1CC1. The Morgan fingerprint density at radius 2 is 1.74 bits per heavy atom. The number of hydrogen-bond donors (Lipinski definition) is 1. The molecule has 1 aliphatic rings. The summed E-state index contributed by atoms with van der Waals surface area (Å²) in [5.41, 5.74) is 5.40. The zero-order valence-electron chi connectivity index (χ0n) is 19.5. The van der Waals surface area contributed by atoms with E-state index in [0.717, 1.165) is 40.7 Å². The molecule has 3 aromatic rings. The highest BCUT2D eigenvalue weighted by Gasteiger charge is 2.34. The molecule has 1 fully saturated rings. The van der Waals surface area contributed by atoms with Crippen LogP contribution in [0.25, 0.3) is 11.1 Å². The molecule has 6 heteroatoms. The molecule has 1 N–H and O–H groups in total. The van der Waals surface area contributed by atoms with Crippen LogP contribution < -0.4 is 4.74 Å². The summed E-state index contributed by atoms with van der Waals surface area (Å²) in [5, 5.41) is 9.24. The minimum atomic E-state index is -0.888. The largest absolute Gasteiger partial charge is 0.496 e. The summed E-state index contributed by atoms with van der Waals surface area (Å²) < 4.78 is 11.2. The summed E-state index contributed by atoms with van der Waals surface area (Å²) in [4.78, 5) is 26.1. The zero-order chi connectivity index (χ0) is 24.1. The van der Waals surface area contributed by atoms with E-state index in [1.807, 2.05) is 55.5 Å². The van der Waals surface area contributed by atoms with E-state index >= 15 is 0 Å². The number of methoxy groups -OCH3 is 1. The van der Waals surface area contributed by atoms with Crippen LogP contribution in [0.3, 0.4) is 0 Å². The molecule has 0 spiro atoms. The van der Waals surface area contributed by atoms with Crippen molar-refractivity contribution in [1.29, 1.82) is 0 Å².